The van der Waals surface area contributed by atoms with Gasteiger partial charge in [-0.25, -0.2) is 0 Å². The first-order chi connectivity index (χ1) is 8.65. The van der Waals surface area contributed by atoms with Crippen LogP contribution in [0, 0.1) is 0 Å². The van der Waals surface area contributed by atoms with Gasteiger partial charge in [0.2, 0.25) is 0 Å². The lowest BCUT2D eigenvalue weighted by Crippen LogP contribution is -2.40. The number of rotatable bonds is 5. The van der Waals surface area contributed by atoms with Crippen LogP contribution in [0.4, 0.5) is 0 Å². The van der Waals surface area contributed by atoms with Gasteiger partial charge in [-0.05, 0) is 18.9 Å². The summed E-state index contributed by atoms with van der Waals surface area (Å²) in [5.41, 5.74) is 0.796. The maximum atomic E-state index is 11.2. The molecule has 0 aromatic heterocycles. The number of hydrogen-bond acceptors (Lipinski definition) is 3. The van der Waals surface area contributed by atoms with Crippen LogP contribution in [0.25, 0.3) is 0 Å². The standard InChI is InChI=1S/C13H18N2O3/c1-2-14-12(17)13(18)15-9-8-11(16)10-6-4-3-5-7-10/h3-7,11,16H,2,8-9H2,1H3,(H,14,17)(H,15,18). The molecule has 0 saturated carbocycles. The van der Waals surface area contributed by atoms with Gasteiger partial charge in [0.05, 0.1) is 6.10 Å². The highest BCUT2D eigenvalue weighted by atomic mass is 16.3. The fraction of sp³-hybridized carbons (Fsp3) is 0.385. The van der Waals surface area contributed by atoms with E-state index in [1.54, 1.807) is 6.92 Å². The first kappa shape index (κ1) is 14.2. The van der Waals surface area contributed by atoms with Gasteiger partial charge in [-0.1, -0.05) is 30.3 Å². The summed E-state index contributed by atoms with van der Waals surface area (Å²) in [4.78, 5) is 22.3. The van der Waals surface area contributed by atoms with Crippen molar-refractivity contribution in [3.05, 3.63) is 35.9 Å². The molecule has 0 aliphatic rings. The zero-order chi connectivity index (χ0) is 13.4. The largest absolute Gasteiger partial charge is 0.388 e. The highest BCUT2D eigenvalue weighted by Gasteiger charge is 2.12. The molecule has 1 unspecified atom stereocenters. The van der Waals surface area contributed by atoms with Crippen molar-refractivity contribution >= 4 is 11.8 Å². The molecule has 1 aromatic rings. The summed E-state index contributed by atoms with van der Waals surface area (Å²) in [6.45, 7) is 2.41. The molecule has 0 spiro atoms. The van der Waals surface area contributed by atoms with Gasteiger partial charge in [-0.2, -0.15) is 0 Å². The van der Waals surface area contributed by atoms with Crippen molar-refractivity contribution in [2.24, 2.45) is 0 Å². The van der Waals surface area contributed by atoms with Crippen LogP contribution in [0.2, 0.25) is 0 Å². The van der Waals surface area contributed by atoms with Gasteiger partial charge >= 0.3 is 11.8 Å². The zero-order valence-electron chi connectivity index (χ0n) is 10.3. The van der Waals surface area contributed by atoms with E-state index < -0.39 is 17.9 Å². The SMILES string of the molecule is CCNC(=O)C(=O)NCCC(O)c1ccccc1. The first-order valence-electron chi connectivity index (χ1n) is 5.94. The predicted molar refractivity (Wildman–Crippen MR) is 67.7 cm³/mol. The molecule has 0 aliphatic carbocycles. The van der Waals surface area contributed by atoms with E-state index in [0.717, 1.165) is 5.56 Å². The number of nitrogens with one attached hydrogen (secondary N) is 2. The number of carbonyl (C=O) groups excluding carboxylic acids is 2. The monoisotopic (exact) mass is 250 g/mol. The van der Waals surface area contributed by atoms with Gasteiger partial charge in [-0.3, -0.25) is 9.59 Å². The third-order valence-corrected chi connectivity index (χ3v) is 2.43. The van der Waals surface area contributed by atoms with E-state index in [0.29, 0.717) is 13.0 Å². The molecule has 0 bridgehead atoms. The highest BCUT2D eigenvalue weighted by molar-refractivity contribution is 6.35. The number of amides is 2. The number of aliphatic hydroxyl groups excluding tert-OH is 1. The molecule has 5 nitrogen and oxygen atoms in total. The summed E-state index contributed by atoms with van der Waals surface area (Å²) < 4.78 is 0. The van der Waals surface area contributed by atoms with Crippen molar-refractivity contribution in [2.45, 2.75) is 19.4 Å². The minimum atomic E-state index is -0.669. The Morgan fingerprint density at radius 2 is 1.78 bits per heavy atom. The van der Waals surface area contributed by atoms with Crippen molar-refractivity contribution in [1.82, 2.24) is 10.6 Å². The Bertz CT molecular complexity index is 392. The van der Waals surface area contributed by atoms with Crippen LogP contribution in [0.1, 0.15) is 25.0 Å². The van der Waals surface area contributed by atoms with E-state index in [4.69, 9.17) is 0 Å². The second-order valence-corrected chi connectivity index (χ2v) is 3.83. The van der Waals surface area contributed by atoms with Crippen molar-refractivity contribution in [3.63, 3.8) is 0 Å². The lowest BCUT2D eigenvalue weighted by molar-refractivity contribution is -0.139. The van der Waals surface area contributed by atoms with Crippen molar-refractivity contribution < 1.29 is 14.7 Å². The molecule has 5 heteroatoms. The number of aliphatic hydroxyl groups is 1. The zero-order valence-corrected chi connectivity index (χ0v) is 10.3. The molecule has 3 N–H and O–H groups in total. The molecule has 1 atom stereocenters. The number of benzene rings is 1. The number of carbonyl (C=O) groups is 2. The first-order valence-corrected chi connectivity index (χ1v) is 5.94. The fourth-order valence-electron chi connectivity index (χ4n) is 1.49. The van der Waals surface area contributed by atoms with Gasteiger partial charge in [0.25, 0.3) is 0 Å². The van der Waals surface area contributed by atoms with Crippen LogP contribution in [0.15, 0.2) is 30.3 Å². The molecular weight excluding hydrogens is 232 g/mol. The van der Waals surface area contributed by atoms with Crippen LogP contribution in [-0.4, -0.2) is 30.0 Å². The Labute approximate surface area is 106 Å². The molecule has 98 valence electrons. The fourth-order valence-corrected chi connectivity index (χ4v) is 1.49. The van der Waals surface area contributed by atoms with Gasteiger partial charge in [-0.15, -0.1) is 0 Å². The quantitative estimate of drug-likeness (QED) is 0.660. The van der Waals surface area contributed by atoms with Gasteiger partial charge in [0, 0.05) is 13.1 Å². The summed E-state index contributed by atoms with van der Waals surface area (Å²) in [6, 6.07) is 9.18. The summed E-state index contributed by atoms with van der Waals surface area (Å²) >= 11 is 0. The molecule has 0 radical (unpaired) electrons. The lowest BCUT2D eigenvalue weighted by atomic mass is 10.1. The summed E-state index contributed by atoms with van der Waals surface area (Å²) in [5, 5.41) is 14.7. The molecule has 0 saturated heterocycles. The third-order valence-electron chi connectivity index (χ3n) is 2.43. The second-order valence-electron chi connectivity index (χ2n) is 3.83. The van der Waals surface area contributed by atoms with E-state index in [9.17, 15) is 14.7 Å². The van der Waals surface area contributed by atoms with Crippen LogP contribution >= 0.6 is 0 Å². The Morgan fingerprint density at radius 3 is 2.39 bits per heavy atom. The molecule has 0 heterocycles. The normalized spacial score (nSPS) is 11.7. The molecule has 2 amide bonds. The van der Waals surface area contributed by atoms with E-state index >= 15 is 0 Å². The van der Waals surface area contributed by atoms with E-state index in [1.807, 2.05) is 30.3 Å². The van der Waals surface area contributed by atoms with Crippen molar-refractivity contribution in [1.29, 1.82) is 0 Å². The average Bonchev–Trinajstić information content (AvgIpc) is 2.39. The average molecular weight is 250 g/mol. The molecule has 0 fully saturated rings. The molecule has 1 aromatic carbocycles. The van der Waals surface area contributed by atoms with Crippen molar-refractivity contribution in [3.8, 4) is 0 Å². The smallest absolute Gasteiger partial charge is 0.309 e. The summed E-state index contributed by atoms with van der Waals surface area (Å²) in [6.07, 6.45) is -0.268. The van der Waals surface area contributed by atoms with Crippen LogP contribution in [-0.2, 0) is 9.59 Å². The minimum absolute atomic E-state index is 0.256. The van der Waals surface area contributed by atoms with E-state index in [1.165, 1.54) is 0 Å². The van der Waals surface area contributed by atoms with Crippen molar-refractivity contribution in [2.75, 3.05) is 13.1 Å². The molecule has 18 heavy (non-hydrogen) atoms. The van der Waals surface area contributed by atoms with E-state index in [-0.39, 0.29) is 6.54 Å². The number of hydrogen-bond donors (Lipinski definition) is 3. The van der Waals surface area contributed by atoms with E-state index in [2.05, 4.69) is 10.6 Å². The predicted octanol–water partition coefficient (Wildman–Crippen LogP) is 0.362. The minimum Gasteiger partial charge on any atom is -0.388 e. The molecular formula is C13H18N2O3. The molecule has 0 aliphatic heterocycles. The topological polar surface area (TPSA) is 78.4 Å². The maximum Gasteiger partial charge on any atom is 0.309 e. The van der Waals surface area contributed by atoms with Gasteiger partial charge < -0.3 is 15.7 Å². The highest BCUT2D eigenvalue weighted by Crippen LogP contribution is 2.14. The summed E-state index contributed by atoms with van der Waals surface area (Å²) in [7, 11) is 0. The number of likely N-dealkylation sites (N-methyl/N-ethyl adjacent to an activating group) is 1. The molecule has 1 rings (SSSR count). The van der Waals surface area contributed by atoms with Crippen LogP contribution in [0.5, 0.6) is 0 Å². The van der Waals surface area contributed by atoms with Crippen LogP contribution < -0.4 is 10.6 Å². The Morgan fingerprint density at radius 1 is 1.17 bits per heavy atom. The van der Waals surface area contributed by atoms with Gasteiger partial charge in [0.15, 0.2) is 0 Å². The Kier molecular flexibility index (Phi) is 5.87. The van der Waals surface area contributed by atoms with Gasteiger partial charge in [0.1, 0.15) is 0 Å². The summed E-state index contributed by atoms with van der Waals surface area (Å²) in [5.74, 6) is -1.32. The lowest BCUT2D eigenvalue weighted by Gasteiger charge is -2.11. The second kappa shape index (κ2) is 7.45. The Balaban J connectivity index is 2.30. The van der Waals surface area contributed by atoms with Crippen LogP contribution in [0.3, 0.4) is 0 Å². The third kappa shape index (κ3) is 4.55. The maximum absolute atomic E-state index is 11.2. The Hall–Kier alpha value is -1.88.